The largest absolute Gasteiger partial charge is 0.487 e. The summed E-state index contributed by atoms with van der Waals surface area (Å²) >= 11 is 3.36. The SMILES string of the molecule is CC(Oc1ccc(Br)cc1)C(O)C#Cc1cccnc1. The van der Waals surface area contributed by atoms with E-state index in [9.17, 15) is 5.11 Å². The lowest BCUT2D eigenvalue weighted by molar-refractivity contribution is 0.0855. The van der Waals surface area contributed by atoms with Gasteiger partial charge in [-0.2, -0.15) is 0 Å². The molecule has 0 spiro atoms. The Balaban J connectivity index is 1.97. The molecule has 0 aliphatic carbocycles. The van der Waals surface area contributed by atoms with Crippen LogP contribution in [0.2, 0.25) is 0 Å². The van der Waals surface area contributed by atoms with Gasteiger partial charge in [0.15, 0.2) is 6.10 Å². The van der Waals surface area contributed by atoms with E-state index in [0.29, 0.717) is 5.75 Å². The van der Waals surface area contributed by atoms with Gasteiger partial charge in [0.25, 0.3) is 0 Å². The van der Waals surface area contributed by atoms with Crippen molar-refractivity contribution in [3.05, 3.63) is 58.8 Å². The molecule has 3 nitrogen and oxygen atoms in total. The first-order valence-electron chi connectivity index (χ1n) is 6.17. The first kappa shape index (κ1) is 14.6. The average Bonchev–Trinajstić information content (AvgIpc) is 2.48. The molecule has 1 aromatic heterocycles. The summed E-state index contributed by atoms with van der Waals surface area (Å²) in [4.78, 5) is 3.96. The highest BCUT2D eigenvalue weighted by Crippen LogP contribution is 2.17. The van der Waals surface area contributed by atoms with Crippen molar-refractivity contribution in [2.45, 2.75) is 19.1 Å². The van der Waals surface area contributed by atoms with Gasteiger partial charge in [0.1, 0.15) is 11.9 Å². The molecule has 2 rings (SSSR count). The maximum absolute atomic E-state index is 9.97. The normalized spacial score (nSPS) is 12.9. The molecule has 0 amide bonds. The topological polar surface area (TPSA) is 42.4 Å². The minimum absolute atomic E-state index is 0.416. The van der Waals surface area contributed by atoms with Gasteiger partial charge in [0, 0.05) is 22.4 Å². The zero-order chi connectivity index (χ0) is 14.4. The predicted molar refractivity (Wildman–Crippen MR) is 81.4 cm³/mol. The van der Waals surface area contributed by atoms with Crippen molar-refractivity contribution in [3.63, 3.8) is 0 Å². The van der Waals surface area contributed by atoms with E-state index in [0.717, 1.165) is 10.0 Å². The van der Waals surface area contributed by atoms with E-state index in [4.69, 9.17) is 4.74 Å². The molecular weight excluding hydrogens is 318 g/mol. The van der Waals surface area contributed by atoms with Gasteiger partial charge in [-0.15, -0.1) is 0 Å². The van der Waals surface area contributed by atoms with E-state index in [-0.39, 0.29) is 0 Å². The Morgan fingerprint density at radius 1 is 1.25 bits per heavy atom. The van der Waals surface area contributed by atoms with Crippen molar-refractivity contribution in [2.24, 2.45) is 0 Å². The summed E-state index contributed by atoms with van der Waals surface area (Å²) < 4.78 is 6.61. The zero-order valence-electron chi connectivity index (χ0n) is 11.0. The Bertz CT molecular complexity index is 602. The Hall–Kier alpha value is -1.83. The predicted octanol–water partition coefficient (Wildman–Crippen LogP) is 3.02. The molecule has 2 unspecified atom stereocenters. The molecule has 0 radical (unpaired) electrons. The molecular formula is C16H14BrNO2. The van der Waals surface area contributed by atoms with E-state index in [1.54, 1.807) is 25.4 Å². The molecule has 1 heterocycles. The Morgan fingerprint density at radius 2 is 2.00 bits per heavy atom. The molecule has 2 atom stereocenters. The Morgan fingerprint density at radius 3 is 2.65 bits per heavy atom. The highest BCUT2D eigenvalue weighted by Gasteiger charge is 2.13. The summed E-state index contributed by atoms with van der Waals surface area (Å²) in [6.45, 7) is 1.78. The van der Waals surface area contributed by atoms with Gasteiger partial charge in [-0.25, -0.2) is 0 Å². The van der Waals surface area contributed by atoms with Crippen molar-refractivity contribution in [1.82, 2.24) is 4.98 Å². The van der Waals surface area contributed by atoms with Crippen molar-refractivity contribution < 1.29 is 9.84 Å². The number of hydrogen-bond acceptors (Lipinski definition) is 3. The highest BCUT2D eigenvalue weighted by molar-refractivity contribution is 9.10. The van der Waals surface area contributed by atoms with Gasteiger partial charge < -0.3 is 9.84 Å². The van der Waals surface area contributed by atoms with E-state index < -0.39 is 12.2 Å². The number of aromatic nitrogens is 1. The second-order valence-electron chi connectivity index (χ2n) is 4.23. The van der Waals surface area contributed by atoms with Crippen LogP contribution >= 0.6 is 15.9 Å². The highest BCUT2D eigenvalue weighted by atomic mass is 79.9. The minimum atomic E-state index is -0.862. The molecule has 0 saturated carbocycles. The lowest BCUT2D eigenvalue weighted by Gasteiger charge is -2.16. The third-order valence-electron chi connectivity index (χ3n) is 2.61. The van der Waals surface area contributed by atoms with Crippen LogP contribution < -0.4 is 4.74 Å². The van der Waals surface area contributed by atoms with E-state index >= 15 is 0 Å². The van der Waals surface area contributed by atoms with Crippen LogP contribution in [0, 0.1) is 11.8 Å². The number of benzene rings is 1. The number of hydrogen-bond donors (Lipinski definition) is 1. The quantitative estimate of drug-likeness (QED) is 0.879. The molecule has 102 valence electrons. The summed E-state index contributed by atoms with van der Waals surface area (Å²) in [5, 5.41) is 9.97. The van der Waals surface area contributed by atoms with Crippen LogP contribution in [0.25, 0.3) is 0 Å². The second-order valence-corrected chi connectivity index (χ2v) is 5.15. The third kappa shape index (κ3) is 4.37. The van der Waals surface area contributed by atoms with Gasteiger partial charge in [0.2, 0.25) is 0 Å². The van der Waals surface area contributed by atoms with Gasteiger partial charge in [-0.1, -0.05) is 27.8 Å². The zero-order valence-corrected chi connectivity index (χ0v) is 12.5. The maximum Gasteiger partial charge on any atom is 0.151 e. The number of nitrogens with zero attached hydrogens (tertiary/aromatic N) is 1. The summed E-state index contributed by atoms with van der Waals surface area (Å²) in [7, 11) is 0. The van der Waals surface area contributed by atoms with Gasteiger partial charge >= 0.3 is 0 Å². The van der Waals surface area contributed by atoms with Crippen LogP contribution in [0.5, 0.6) is 5.75 Å². The molecule has 0 fully saturated rings. The fourth-order valence-electron chi connectivity index (χ4n) is 1.50. The summed E-state index contributed by atoms with van der Waals surface area (Å²) in [5.74, 6) is 6.33. The average molecular weight is 332 g/mol. The van der Waals surface area contributed by atoms with Crippen molar-refractivity contribution in [1.29, 1.82) is 0 Å². The van der Waals surface area contributed by atoms with Crippen LogP contribution in [-0.4, -0.2) is 22.3 Å². The fourth-order valence-corrected chi connectivity index (χ4v) is 1.77. The third-order valence-corrected chi connectivity index (χ3v) is 3.13. The van der Waals surface area contributed by atoms with Gasteiger partial charge in [-0.05, 0) is 43.3 Å². The second kappa shape index (κ2) is 7.09. The van der Waals surface area contributed by atoms with Crippen LogP contribution in [0.3, 0.4) is 0 Å². The Labute approximate surface area is 126 Å². The summed E-state index contributed by atoms with van der Waals surface area (Å²) in [6, 6.07) is 11.1. The molecule has 1 aromatic carbocycles. The van der Waals surface area contributed by atoms with E-state index in [1.807, 2.05) is 30.3 Å². The smallest absolute Gasteiger partial charge is 0.151 e. The lowest BCUT2D eigenvalue weighted by atomic mass is 10.2. The molecule has 0 aliphatic rings. The molecule has 1 N–H and O–H groups in total. The number of halogens is 1. The maximum atomic E-state index is 9.97. The number of pyridine rings is 1. The number of ether oxygens (including phenoxy) is 1. The summed E-state index contributed by atoms with van der Waals surface area (Å²) in [5.41, 5.74) is 0.766. The first-order chi connectivity index (χ1) is 9.65. The van der Waals surface area contributed by atoms with Gasteiger partial charge in [0.05, 0.1) is 0 Å². The summed E-state index contributed by atoms with van der Waals surface area (Å²) in [6.07, 6.45) is 2.06. The van der Waals surface area contributed by atoms with Crippen LogP contribution in [0.15, 0.2) is 53.3 Å². The first-order valence-corrected chi connectivity index (χ1v) is 6.96. The van der Waals surface area contributed by atoms with Gasteiger partial charge in [-0.3, -0.25) is 4.98 Å². The Kier molecular flexibility index (Phi) is 5.16. The van der Waals surface area contributed by atoms with Crippen molar-refractivity contribution in [2.75, 3.05) is 0 Å². The fraction of sp³-hybridized carbons (Fsp3) is 0.188. The molecule has 4 heteroatoms. The van der Waals surface area contributed by atoms with Crippen LogP contribution in [0.1, 0.15) is 12.5 Å². The molecule has 0 saturated heterocycles. The van der Waals surface area contributed by atoms with E-state index in [2.05, 4.69) is 32.8 Å². The lowest BCUT2D eigenvalue weighted by Crippen LogP contribution is -2.27. The van der Waals surface area contributed by atoms with E-state index in [1.165, 1.54) is 0 Å². The number of aliphatic hydroxyl groups is 1. The molecule has 0 aliphatic heterocycles. The minimum Gasteiger partial charge on any atom is -0.487 e. The number of aliphatic hydroxyl groups excluding tert-OH is 1. The molecule has 0 bridgehead atoms. The molecule has 2 aromatic rings. The standard InChI is InChI=1S/C16H14BrNO2/c1-12(20-15-7-5-14(17)6-8-15)16(19)9-4-13-3-2-10-18-11-13/h2-3,5-8,10-12,16,19H,1H3. The number of rotatable bonds is 3. The monoisotopic (exact) mass is 331 g/mol. The molecule has 20 heavy (non-hydrogen) atoms. The van der Waals surface area contributed by atoms with Crippen molar-refractivity contribution >= 4 is 15.9 Å². The van der Waals surface area contributed by atoms with Crippen molar-refractivity contribution in [3.8, 4) is 17.6 Å². The van der Waals surface area contributed by atoms with Crippen LogP contribution in [0.4, 0.5) is 0 Å². The van der Waals surface area contributed by atoms with Crippen LogP contribution in [-0.2, 0) is 0 Å².